The van der Waals surface area contributed by atoms with Crippen LogP contribution in [0.15, 0.2) is 41.3 Å². The van der Waals surface area contributed by atoms with Crippen LogP contribution in [0.5, 0.6) is 0 Å². The highest BCUT2D eigenvalue weighted by Crippen LogP contribution is 2.29. The van der Waals surface area contributed by atoms with Crippen LogP contribution < -0.4 is 10.2 Å². The number of ether oxygens (including phenoxy) is 1. The maximum absolute atomic E-state index is 13.3. The van der Waals surface area contributed by atoms with Gasteiger partial charge in [0, 0.05) is 43.5 Å². The Morgan fingerprint density at radius 2 is 1.52 bits per heavy atom. The number of sulfonamides is 1. The molecule has 2 aromatic rings. The lowest BCUT2D eigenvalue weighted by molar-refractivity contribution is -0.120. The second-order valence-electron chi connectivity index (χ2n) is 9.04. The summed E-state index contributed by atoms with van der Waals surface area (Å²) in [5, 5.41) is 3.00. The van der Waals surface area contributed by atoms with E-state index < -0.39 is 10.0 Å². The topological polar surface area (TPSA) is 79.0 Å². The van der Waals surface area contributed by atoms with Crippen molar-refractivity contribution in [3.8, 4) is 0 Å². The number of amides is 1. The van der Waals surface area contributed by atoms with Gasteiger partial charge in [-0.3, -0.25) is 4.79 Å². The summed E-state index contributed by atoms with van der Waals surface area (Å²) in [5.74, 6) is -0.246. The third-order valence-corrected chi connectivity index (χ3v) is 8.74. The minimum atomic E-state index is -3.58. The van der Waals surface area contributed by atoms with Crippen LogP contribution in [0, 0.1) is 26.7 Å². The Balaban J connectivity index is 1.35. The van der Waals surface area contributed by atoms with Gasteiger partial charge in [0.05, 0.1) is 18.1 Å². The van der Waals surface area contributed by atoms with Crippen molar-refractivity contribution in [3.05, 3.63) is 53.1 Å². The largest absolute Gasteiger partial charge is 0.378 e. The van der Waals surface area contributed by atoms with E-state index in [1.165, 1.54) is 4.31 Å². The van der Waals surface area contributed by atoms with E-state index in [9.17, 15) is 13.2 Å². The van der Waals surface area contributed by atoms with E-state index in [2.05, 4.69) is 10.2 Å². The van der Waals surface area contributed by atoms with E-state index in [-0.39, 0.29) is 11.8 Å². The zero-order chi connectivity index (χ0) is 23.6. The molecule has 2 saturated heterocycles. The molecular weight excluding hydrogens is 438 g/mol. The molecule has 7 nitrogen and oxygen atoms in total. The summed E-state index contributed by atoms with van der Waals surface area (Å²) in [4.78, 5) is 15.5. The smallest absolute Gasteiger partial charge is 0.243 e. The number of carbonyl (C=O) groups excluding carboxylic acids is 1. The quantitative estimate of drug-likeness (QED) is 0.722. The molecule has 2 fully saturated rings. The lowest BCUT2D eigenvalue weighted by Crippen LogP contribution is -2.41. The van der Waals surface area contributed by atoms with E-state index >= 15 is 0 Å². The zero-order valence-electron chi connectivity index (χ0n) is 19.6. The van der Waals surface area contributed by atoms with Gasteiger partial charge in [-0.05, 0) is 69.0 Å². The maximum Gasteiger partial charge on any atom is 0.243 e. The molecule has 0 atom stereocenters. The summed E-state index contributed by atoms with van der Waals surface area (Å²) in [7, 11) is -3.58. The number of anilines is 2. The Morgan fingerprint density at radius 3 is 2.09 bits per heavy atom. The molecule has 1 amide bonds. The molecule has 33 heavy (non-hydrogen) atoms. The minimum Gasteiger partial charge on any atom is -0.378 e. The number of hydrogen-bond donors (Lipinski definition) is 1. The molecule has 0 saturated carbocycles. The Hall–Kier alpha value is -2.42. The number of morpholine rings is 1. The molecule has 0 radical (unpaired) electrons. The first-order valence-corrected chi connectivity index (χ1v) is 13.0. The number of rotatable bonds is 5. The van der Waals surface area contributed by atoms with Gasteiger partial charge in [-0.1, -0.05) is 17.7 Å². The number of piperidine rings is 1. The number of hydrogen-bond acceptors (Lipinski definition) is 5. The molecule has 0 bridgehead atoms. The fraction of sp³-hybridized carbons (Fsp3) is 0.480. The van der Waals surface area contributed by atoms with Crippen LogP contribution in [0.1, 0.15) is 29.5 Å². The molecule has 0 unspecified atom stereocenters. The van der Waals surface area contributed by atoms with E-state index in [4.69, 9.17) is 4.74 Å². The fourth-order valence-corrected chi connectivity index (χ4v) is 6.76. The second kappa shape index (κ2) is 9.83. The van der Waals surface area contributed by atoms with Gasteiger partial charge in [0.1, 0.15) is 0 Å². The molecule has 4 rings (SSSR count). The van der Waals surface area contributed by atoms with Crippen molar-refractivity contribution in [2.75, 3.05) is 49.6 Å². The van der Waals surface area contributed by atoms with Crippen molar-refractivity contribution in [2.45, 2.75) is 38.5 Å². The molecule has 2 aliphatic heterocycles. The summed E-state index contributed by atoms with van der Waals surface area (Å²) in [5.41, 5.74) is 4.48. The summed E-state index contributed by atoms with van der Waals surface area (Å²) < 4.78 is 33.5. The Kier molecular flexibility index (Phi) is 7.07. The average molecular weight is 472 g/mol. The molecule has 2 heterocycles. The summed E-state index contributed by atoms with van der Waals surface area (Å²) in [6.07, 6.45) is 1.03. The van der Waals surface area contributed by atoms with Gasteiger partial charge in [0.15, 0.2) is 0 Å². The molecule has 1 N–H and O–H groups in total. The fourth-order valence-electron chi connectivity index (χ4n) is 4.88. The third kappa shape index (κ3) is 5.23. The zero-order valence-corrected chi connectivity index (χ0v) is 20.5. The average Bonchev–Trinajstić information content (AvgIpc) is 2.79. The molecule has 0 spiro atoms. The van der Waals surface area contributed by atoms with E-state index in [0.29, 0.717) is 30.8 Å². The molecule has 0 aromatic heterocycles. The number of benzene rings is 2. The van der Waals surface area contributed by atoms with Gasteiger partial charge in [-0.2, -0.15) is 4.31 Å². The van der Waals surface area contributed by atoms with Crippen LogP contribution in [-0.2, 0) is 19.6 Å². The Labute approximate surface area is 196 Å². The van der Waals surface area contributed by atoms with Gasteiger partial charge < -0.3 is 15.0 Å². The monoisotopic (exact) mass is 471 g/mol. The van der Waals surface area contributed by atoms with Crippen molar-refractivity contribution >= 4 is 27.3 Å². The first kappa shape index (κ1) is 23.7. The molecule has 178 valence electrons. The molecular formula is C25H33N3O4S. The number of aryl methyl sites for hydroxylation is 3. The van der Waals surface area contributed by atoms with Gasteiger partial charge in [-0.25, -0.2) is 8.42 Å². The van der Waals surface area contributed by atoms with Crippen molar-refractivity contribution in [1.29, 1.82) is 0 Å². The SMILES string of the molecule is Cc1cc(C)c(S(=O)(=O)N2CCC(C(=O)Nc3ccc(N4CCOCC4)cc3)CC2)c(C)c1. The van der Waals surface area contributed by atoms with Gasteiger partial charge >= 0.3 is 0 Å². The number of nitrogens with one attached hydrogen (secondary N) is 1. The Morgan fingerprint density at radius 1 is 0.939 bits per heavy atom. The Bertz CT molecular complexity index is 1080. The molecule has 8 heteroatoms. The predicted octanol–water partition coefficient (Wildman–Crippen LogP) is 3.49. The predicted molar refractivity (Wildman–Crippen MR) is 130 cm³/mol. The normalized spacial score (nSPS) is 18.3. The number of carbonyl (C=O) groups is 1. The van der Waals surface area contributed by atoms with Gasteiger partial charge in [0.2, 0.25) is 15.9 Å². The van der Waals surface area contributed by atoms with Crippen molar-refractivity contribution in [2.24, 2.45) is 5.92 Å². The van der Waals surface area contributed by atoms with Crippen LogP contribution >= 0.6 is 0 Å². The molecule has 0 aliphatic carbocycles. The maximum atomic E-state index is 13.3. The van der Waals surface area contributed by atoms with Gasteiger partial charge in [0.25, 0.3) is 0 Å². The van der Waals surface area contributed by atoms with Crippen LogP contribution in [0.3, 0.4) is 0 Å². The van der Waals surface area contributed by atoms with Crippen molar-refractivity contribution < 1.29 is 17.9 Å². The summed E-state index contributed by atoms with van der Waals surface area (Å²) in [6.45, 7) is 9.56. The minimum absolute atomic E-state index is 0.0473. The lowest BCUT2D eigenvalue weighted by Gasteiger charge is -2.31. The van der Waals surface area contributed by atoms with Crippen molar-refractivity contribution in [1.82, 2.24) is 4.31 Å². The molecule has 2 aromatic carbocycles. The van der Waals surface area contributed by atoms with Crippen LogP contribution in [0.25, 0.3) is 0 Å². The number of nitrogens with zero attached hydrogens (tertiary/aromatic N) is 2. The van der Waals surface area contributed by atoms with Gasteiger partial charge in [-0.15, -0.1) is 0 Å². The highest BCUT2D eigenvalue weighted by atomic mass is 32.2. The molecule has 2 aliphatic rings. The standard InChI is InChI=1S/C25H33N3O4S/c1-18-16-19(2)24(20(3)17-18)33(30,31)28-10-8-21(9-11-28)25(29)26-22-4-6-23(7-5-22)27-12-14-32-15-13-27/h4-7,16-17,21H,8-15H2,1-3H3,(H,26,29). The van der Waals surface area contributed by atoms with E-state index in [1.807, 2.05) is 57.2 Å². The van der Waals surface area contributed by atoms with Crippen LogP contribution in [-0.4, -0.2) is 58.0 Å². The summed E-state index contributed by atoms with van der Waals surface area (Å²) >= 11 is 0. The first-order valence-electron chi connectivity index (χ1n) is 11.6. The van der Waals surface area contributed by atoms with Crippen LogP contribution in [0.4, 0.5) is 11.4 Å². The van der Waals surface area contributed by atoms with E-state index in [0.717, 1.165) is 54.4 Å². The summed E-state index contributed by atoms with van der Waals surface area (Å²) in [6, 6.07) is 11.7. The highest BCUT2D eigenvalue weighted by molar-refractivity contribution is 7.89. The van der Waals surface area contributed by atoms with Crippen molar-refractivity contribution in [3.63, 3.8) is 0 Å². The van der Waals surface area contributed by atoms with Crippen LogP contribution in [0.2, 0.25) is 0 Å². The lowest BCUT2D eigenvalue weighted by atomic mass is 9.97. The third-order valence-electron chi connectivity index (χ3n) is 6.54. The second-order valence-corrected chi connectivity index (χ2v) is 10.9. The van der Waals surface area contributed by atoms with E-state index in [1.54, 1.807) is 0 Å². The highest BCUT2D eigenvalue weighted by Gasteiger charge is 2.33. The first-order chi connectivity index (χ1) is 15.8.